The van der Waals surface area contributed by atoms with E-state index in [0.29, 0.717) is 16.5 Å². The van der Waals surface area contributed by atoms with Crippen LogP contribution in [-0.4, -0.2) is 57.0 Å². The molecule has 2 amide bonds. The van der Waals surface area contributed by atoms with Crippen LogP contribution in [0.25, 0.3) is 22.0 Å². The SMILES string of the molecule is CC(C)(C)OC(=O)n1cc(C[C@H](NC(=O)OCC2c3ccccc3-c3ccccc32)C(=O)Nc2nc(C(=O)O)cs2)c2ccccc21. The Hall–Kier alpha value is -5.49. The molecule has 1 aliphatic carbocycles. The van der Waals surface area contributed by atoms with Crippen molar-refractivity contribution in [2.75, 3.05) is 11.9 Å². The van der Waals surface area contributed by atoms with Crippen molar-refractivity contribution >= 4 is 51.4 Å². The average molecular weight is 653 g/mol. The maximum absolute atomic E-state index is 13.6. The van der Waals surface area contributed by atoms with Crippen molar-refractivity contribution in [2.24, 2.45) is 0 Å². The number of carboxylic acids is 1. The largest absolute Gasteiger partial charge is 0.476 e. The first kappa shape index (κ1) is 31.5. The number of para-hydroxylation sites is 1. The van der Waals surface area contributed by atoms with Crippen LogP contribution in [0.5, 0.6) is 0 Å². The summed E-state index contributed by atoms with van der Waals surface area (Å²) in [7, 11) is 0. The summed E-state index contributed by atoms with van der Waals surface area (Å²) in [5, 5.41) is 16.6. The predicted octanol–water partition coefficient (Wildman–Crippen LogP) is 6.67. The highest BCUT2D eigenvalue weighted by Crippen LogP contribution is 2.44. The number of aromatic nitrogens is 2. The van der Waals surface area contributed by atoms with Crippen molar-refractivity contribution in [2.45, 2.75) is 44.8 Å². The summed E-state index contributed by atoms with van der Waals surface area (Å²) in [4.78, 5) is 55.3. The van der Waals surface area contributed by atoms with Gasteiger partial charge in [-0.05, 0) is 54.7 Å². The number of fused-ring (bicyclic) bond motifs is 4. The molecule has 0 saturated carbocycles. The minimum atomic E-state index is -1.23. The summed E-state index contributed by atoms with van der Waals surface area (Å²) in [6, 6.07) is 21.9. The van der Waals surface area contributed by atoms with Gasteiger partial charge in [0, 0.05) is 29.3 Å². The van der Waals surface area contributed by atoms with Crippen LogP contribution >= 0.6 is 11.3 Å². The zero-order valence-electron chi connectivity index (χ0n) is 25.9. The second-order valence-electron chi connectivity index (χ2n) is 12.1. The number of rotatable bonds is 8. The number of anilines is 1. The molecule has 6 rings (SSSR count). The summed E-state index contributed by atoms with van der Waals surface area (Å²) >= 11 is 0.945. The van der Waals surface area contributed by atoms with Gasteiger partial charge in [-0.1, -0.05) is 66.7 Å². The lowest BCUT2D eigenvalue weighted by Gasteiger charge is -2.20. The second-order valence-corrected chi connectivity index (χ2v) is 12.9. The smallest absolute Gasteiger partial charge is 0.419 e. The number of benzene rings is 3. The monoisotopic (exact) mass is 652 g/mol. The maximum Gasteiger partial charge on any atom is 0.419 e. The van der Waals surface area contributed by atoms with E-state index < -0.39 is 35.7 Å². The number of alkyl carbamates (subject to hydrolysis) is 1. The zero-order chi connectivity index (χ0) is 33.3. The molecule has 2 heterocycles. The van der Waals surface area contributed by atoms with Gasteiger partial charge in [-0.25, -0.2) is 19.4 Å². The Bertz CT molecular complexity index is 1960. The van der Waals surface area contributed by atoms with E-state index in [1.165, 1.54) is 9.95 Å². The van der Waals surface area contributed by atoms with Gasteiger partial charge < -0.3 is 25.2 Å². The third-order valence-electron chi connectivity index (χ3n) is 7.71. The Kier molecular flexibility index (Phi) is 8.52. The van der Waals surface area contributed by atoms with Crippen LogP contribution in [0, 0.1) is 0 Å². The molecular formula is C35H32N4O7S. The summed E-state index contributed by atoms with van der Waals surface area (Å²) in [6.07, 6.45) is 0.163. The van der Waals surface area contributed by atoms with E-state index in [4.69, 9.17) is 9.47 Å². The molecule has 3 aromatic carbocycles. The van der Waals surface area contributed by atoms with Crippen molar-refractivity contribution in [1.29, 1.82) is 0 Å². The van der Waals surface area contributed by atoms with Gasteiger partial charge in [0.15, 0.2) is 10.8 Å². The van der Waals surface area contributed by atoms with Gasteiger partial charge in [-0.2, -0.15) is 0 Å². The molecule has 0 bridgehead atoms. The fraction of sp³-hybridized carbons (Fsp3) is 0.229. The molecule has 2 aromatic heterocycles. The fourth-order valence-corrected chi connectivity index (χ4v) is 6.40. The number of amides is 2. The fourth-order valence-electron chi connectivity index (χ4n) is 5.71. The zero-order valence-corrected chi connectivity index (χ0v) is 26.7. The first-order valence-corrected chi connectivity index (χ1v) is 15.8. The van der Waals surface area contributed by atoms with Gasteiger partial charge >= 0.3 is 18.2 Å². The molecule has 0 spiro atoms. The maximum atomic E-state index is 13.6. The van der Waals surface area contributed by atoms with Crippen LogP contribution in [0.4, 0.5) is 14.7 Å². The second kappa shape index (κ2) is 12.7. The lowest BCUT2D eigenvalue weighted by atomic mass is 9.98. The van der Waals surface area contributed by atoms with E-state index in [1.54, 1.807) is 39.1 Å². The van der Waals surface area contributed by atoms with Crippen LogP contribution in [-0.2, 0) is 20.7 Å². The van der Waals surface area contributed by atoms with Gasteiger partial charge in [0.25, 0.3) is 0 Å². The quantitative estimate of drug-likeness (QED) is 0.168. The van der Waals surface area contributed by atoms with E-state index in [1.807, 2.05) is 60.7 Å². The number of nitrogens with one attached hydrogen (secondary N) is 2. The van der Waals surface area contributed by atoms with Crippen LogP contribution in [0.15, 0.2) is 84.4 Å². The number of thiazole rings is 1. The Balaban J connectivity index is 1.25. The summed E-state index contributed by atoms with van der Waals surface area (Å²) in [6.45, 7) is 5.35. The van der Waals surface area contributed by atoms with Crippen molar-refractivity contribution in [3.8, 4) is 11.1 Å². The topological polar surface area (TPSA) is 149 Å². The van der Waals surface area contributed by atoms with E-state index in [2.05, 4.69) is 15.6 Å². The highest BCUT2D eigenvalue weighted by molar-refractivity contribution is 7.14. The Morgan fingerprint density at radius 1 is 0.957 bits per heavy atom. The molecule has 0 radical (unpaired) electrons. The first-order chi connectivity index (χ1) is 22.5. The van der Waals surface area contributed by atoms with Gasteiger partial charge in [0.1, 0.15) is 18.2 Å². The lowest BCUT2D eigenvalue weighted by Crippen LogP contribution is -2.45. The molecular weight excluding hydrogens is 620 g/mol. The van der Waals surface area contributed by atoms with Gasteiger partial charge in [-0.3, -0.25) is 9.36 Å². The standard InChI is InChI=1S/C35H32N4O7S/c1-35(2,3)46-34(44)39-17-20(21-10-8-9-15-29(21)39)16-27(30(40)38-32-36-28(19-47-32)31(41)42)37-33(43)45-18-26-24-13-6-4-11-22(24)23-12-5-7-14-25(23)26/h4-15,17,19,26-27H,16,18H2,1-3H3,(H,37,43)(H,41,42)(H,36,38,40)/t27-/m0/s1. The van der Waals surface area contributed by atoms with Crippen LogP contribution in [0.3, 0.4) is 0 Å². The van der Waals surface area contributed by atoms with Crippen molar-refractivity contribution in [3.63, 3.8) is 0 Å². The van der Waals surface area contributed by atoms with Gasteiger partial charge in [-0.15, -0.1) is 11.3 Å². The molecule has 0 aliphatic heterocycles. The Morgan fingerprint density at radius 3 is 2.23 bits per heavy atom. The average Bonchev–Trinajstić information content (AvgIpc) is 3.74. The van der Waals surface area contributed by atoms with Crippen molar-refractivity contribution in [1.82, 2.24) is 14.9 Å². The molecule has 0 saturated heterocycles. The molecule has 1 aliphatic rings. The third-order valence-corrected chi connectivity index (χ3v) is 8.47. The van der Waals surface area contributed by atoms with Gasteiger partial charge in [0.05, 0.1) is 5.52 Å². The summed E-state index contributed by atoms with van der Waals surface area (Å²) in [5.41, 5.74) is 4.47. The number of carboxylic acid groups (broad SMARTS) is 1. The van der Waals surface area contributed by atoms with E-state index in [0.717, 1.165) is 33.6 Å². The van der Waals surface area contributed by atoms with E-state index in [9.17, 15) is 24.3 Å². The number of aromatic carboxylic acids is 1. The molecule has 11 nitrogen and oxygen atoms in total. The summed E-state index contributed by atoms with van der Waals surface area (Å²) < 4.78 is 12.7. The molecule has 0 fully saturated rings. The predicted molar refractivity (Wildman–Crippen MR) is 177 cm³/mol. The number of hydrogen-bond donors (Lipinski definition) is 3. The van der Waals surface area contributed by atoms with E-state index >= 15 is 0 Å². The Morgan fingerprint density at radius 2 is 1.60 bits per heavy atom. The molecule has 47 heavy (non-hydrogen) atoms. The third kappa shape index (κ3) is 6.73. The minimum absolute atomic E-state index is 0.0243. The summed E-state index contributed by atoms with van der Waals surface area (Å²) in [5.74, 6) is -2.05. The van der Waals surface area contributed by atoms with Crippen LogP contribution < -0.4 is 10.6 Å². The number of ether oxygens (including phenoxy) is 2. The highest BCUT2D eigenvalue weighted by Gasteiger charge is 2.31. The van der Waals surface area contributed by atoms with Crippen molar-refractivity contribution < 1.29 is 33.8 Å². The van der Waals surface area contributed by atoms with E-state index in [-0.39, 0.29) is 29.8 Å². The normalized spacial score (nSPS) is 13.0. The van der Waals surface area contributed by atoms with Gasteiger partial charge in [0.2, 0.25) is 5.91 Å². The molecule has 12 heteroatoms. The first-order valence-electron chi connectivity index (χ1n) is 14.9. The molecule has 1 atom stereocenters. The molecule has 240 valence electrons. The van der Waals surface area contributed by atoms with Crippen LogP contribution in [0.2, 0.25) is 0 Å². The molecule has 0 unspecified atom stereocenters. The highest BCUT2D eigenvalue weighted by atomic mass is 32.1. The van der Waals surface area contributed by atoms with Crippen molar-refractivity contribution in [3.05, 3.63) is 107 Å². The molecule has 5 aromatic rings. The Labute approximate surface area is 274 Å². The lowest BCUT2D eigenvalue weighted by molar-refractivity contribution is -0.118. The molecule has 3 N–H and O–H groups in total. The number of nitrogens with zero attached hydrogens (tertiary/aromatic N) is 2. The number of hydrogen-bond acceptors (Lipinski definition) is 8. The minimum Gasteiger partial charge on any atom is -0.476 e. The number of carbonyl (C=O) groups is 4. The number of carbonyl (C=O) groups excluding carboxylic acids is 3. The van der Waals surface area contributed by atoms with Crippen LogP contribution in [0.1, 0.15) is 53.9 Å².